The van der Waals surface area contributed by atoms with Crippen LogP contribution in [0.2, 0.25) is 0 Å². The standard InChI is InChI=1S/C14H14F3NO2/c15-14(16,17)13(20)18-7-5-12(6-8-18)11-3-1-10(9-19)2-4-11/h1-4,9,12H,5-8H2. The first-order valence-corrected chi connectivity index (χ1v) is 6.33. The summed E-state index contributed by atoms with van der Waals surface area (Å²) in [5.74, 6) is -1.62. The first kappa shape index (κ1) is 14.6. The van der Waals surface area contributed by atoms with Gasteiger partial charge in [-0.1, -0.05) is 24.3 Å². The summed E-state index contributed by atoms with van der Waals surface area (Å²) in [7, 11) is 0. The number of nitrogens with zero attached hydrogens (tertiary/aromatic N) is 1. The minimum atomic E-state index is -4.79. The number of benzene rings is 1. The highest BCUT2D eigenvalue weighted by Gasteiger charge is 2.43. The Morgan fingerprint density at radius 2 is 1.70 bits per heavy atom. The van der Waals surface area contributed by atoms with Crippen molar-refractivity contribution in [1.82, 2.24) is 4.90 Å². The minimum Gasteiger partial charge on any atom is -0.335 e. The number of rotatable bonds is 2. The zero-order chi connectivity index (χ0) is 14.8. The van der Waals surface area contributed by atoms with E-state index in [1.807, 2.05) is 12.1 Å². The van der Waals surface area contributed by atoms with Crippen LogP contribution in [0.15, 0.2) is 24.3 Å². The number of carbonyl (C=O) groups is 2. The normalized spacial score (nSPS) is 17.1. The first-order valence-electron chi connectivity index (χ1n) is 6.33. The molecule has 1 saturated heterocycles. The minimum absolute atomic E-state index is 0.110. The van der Waals surface area contributed by atoms with E-state index < -0.39 is 12.1 Å². The molecule has 3 nitrogen and oxygen atoms in total. The molecule has 1 aliphatic rings. The SMILES string of the molecule is O=Cc1ccc(C2CCN(C(=O)C(F)(F)F)CC2)cc1. The van der Waals surface area contributed by atoms with Crippen LogP contribution in [0, 0.1) is 0 Å². The van der Waals surface area contributed by atoms with Crippen molar-refractivity contribution in [3.05, 3.63) is 35.4 Å². The van der Waals surface area contributed by atoms with Gasteiger partial charge in [-0.25, -0.2) is 0 Å². The molecular weight excluding hydrogens is 271 g/mol. The van der Waals surface area contributed by atoms with Crippen molar-refractivity contribution in [3.8, 4) is 0 Å². The second-order valence-corrected chi connectivity index (χ2v) is 4.85. The highest BCUT2D eigenvalue weighted by Crippen LogP contribution is 2.30. The van der Waals surface area contributed by atoms with Crippen molar-refractivity contribution in [2.24, 2.45) is 0 Å². The Labute approximate surface area is 114 Å². The van der Waals surface area contributed by atoms with Gasteiger partial charge in [-0.2, -0.15) is 13.2 Å². The number of hydrogen-bond acceptors (Lipinski definition) is 2. The highest BCUT2D eigenvalue weighted by atomic mass is 19.4. The lowest BCUT2D eigenvalue weighted by atomic mass is 9.89. The van der Waals surface area contributed by atoms with Crippen molar-refractivity contribution in [3.63, 3.8) is 0 Å². The zero-order valence-corrected chi connectivity index (χ0v) is 10.7. The lowest BCUT2D eigenvalue weighted by Crippen LogP contribution is -2.45. The second-order valence-electron chi connectivity index (χ2n) is 4.85. The average Bonchev–Trinajstić information content (AvgIpc) is 2.46. The fraction of sp³-hybridized carbons (Fsp3) is 0.429. The molecule has 1 amide bonds. The van der Waals surface area contributed by atoms with Crippen molar-refractivity contribution in [1.29, 1.82) is 0 Å². The van der Waals surface area contributed by atoms with Crippen LogP contribution < -0.4 is 0 Å². The number of hydrogen-bond donors (Lipinski definition) is 0. The van der Waals surface area contributed by atoms with Gasteiger partial charge in [0.15, 0.2) is 0 Å². The molecule has 0 spiro atoms. The molecule has 0 N–H and O–H groups in total. The Kier molecular flexibility index (Phi) is 4.11. The summed E-state index contributed by atoms with van der Waals surface area (Å²) in [5.41, 5.74) is 1.56. The van der Waals surface area contributed by atoms with Gasteiger partial charge in [-0.3, -0.25) is 9.59 Å². The van der Waals surface area contributed by atoms with Crippen LogP contribution in [-0.2, 0) is 4.79 Å². The predicted octanol–water partition coefficient (Wildman–Crippen LogP) is 2.77. The number of aldehydes is 1. The van der Waals surface area contributed by atoms with Gasteiger partial charge in [0.05, 0.1) is 0 Å². The summed E-state index contributed by atoms with van der Waals surface area (Å²) in [5, 5.41) is 0. The van der Waals surface area contributed by atoms with Crippen molar-refractivity contribution < 1.29 is 22.8 Å². The van der Waals surface area contributed by atoms with Crippen LogP contribution in [0.4, 0.5) is 13.2 Å². The van der Waals surface area contributed by atoms with Crippen molar-refractivity contribution in [2.75, 3.05) is 13.1 Å². The predicted molar refractivity (Wildman–Crippen MR) is 66.4 cm³/mol. The molecular formula is C14H14F3NO2. The van der Waals surface area contributed by atoms with E-state index in [1.165, 1.54) is 0 Å². The average molecular weight is 285 g/mol. The number of amides is 1. The summed E-state index contributed by atoms with van der Waals surface area (Å²) in [6.45, 7) is 0.219. The Bertz CT molecular complexity index is 488. The molecule has 1 aliphatic heterocycles. The number of piperidine rings is 1. The number of alkyl halides is 3. The van der Waals surface area contributed by atoms with E-state index in [9.17, 15) is 22.8 Å². The van der Waals surface area contributed by atoms with Crippen LogP contribution >= 0.6 is 0 Å². The Morgan fingerprint density at radius 1 is 1.15 bits per heavy atom. The molecule has 108 valence electrons. The fourth-order valence-corrected chi connectivity index (χ4v) is 2.44. The molecule has 0 bridgehead atoms. The largest absolute Gasteiger partial charge is 0.471 e. The van der Waals surface area contributed by atoms with Crippen LogP contribution in [0.3, 0.4) is 0 Å². The number of carbonyl (C=O) groups excluding carboxylic acids is 2. The second kappa shape index (κ2) is 5.64. The van der Waals surface area contributed by atoms with Crippen LogP contribution in [0.25, 0.3) is 0 Å². The Morgan fingerprint density at radius 3 is 2.15 bits per heavy atom. The molecule has 0 aliphatic carbocycles. The monoisotopic (exact) mass is 285 g/mol. The van der Waals surface area contributed by atoms with Gasteiger partial charge in [0.25, 0.3) is 0 Å². The van der Waals surface area contributed by atoms with E-state index in [1.54, 1.807) is 12.1 Å². The summed E-state index contributed by atoms with van der Waals surface area (Å²) < 4.78 is 36.9. The van der Waals surface area contributed by atoms with Crippen molar-refractivity contribution in [2.45, 2.75) is 24.9 Å². The molecule has 20 heavy (non-hydrogen) atoms. The highest BCUT2D eigenvalue weighted by molar-refractivity contribution is 5.82. The quantitative estimate of drug-likeness (QED) is 0.784. The van der Waals surface area contributed by atoms with E-state index in [0.717, 1.165) is 16.7 Å². The molecule has 1 fully saturated rings. The summed E-state index contributed by atoms with van der Waals surface area (Å²) in [6, 6.07) is 7.01. The van der Waals surface area contributed by atoms with Gasteiger partial charge in [0.1, 0.15) is 6.29 Å². The lowest BCUT2D eigenvalue weighted by Gasteiger charge is -2.32. The van der Waals surface area contributed by atoms with Gasteiger partial charge >= 0.3 is 12.1 Å². The molecule has 0 unspecified atom stereocenters. The van der Waals surface area contributed by atoms with Gasteiger partial charge in [0, 0.05) is 18.7 Å². The van der Waals surface area contributed by atoms with E-state index in [-0.39, 0.29) is 19.0 Å². The molecule has 2 rings (SSSR count). The van der Waals surface area contributed by atoms with Gasteiger partial charge in [-0.05, 0) is 24.3 Å². The Balaban J connectivity index is 1.97. The molecule has 0 radical (unpaired) electrons. The maximum absolute atomic E-state index is 12.3. The molecule has 0 aromatic heterocycles. The summed E-state index contributed by atoms with van der Waals surface area (Å²) in [6.07, 6.45) is -3.04. The van der Waals surface area contributed by atoms with Crippen LogP contribution in [-0.4, -0.2) is 36.4 Å². The topological polar surface area (TPSA) is 37.4 Å². The number of likely N-dealkylation sites (tertiary alicyclic amines) is 1. The fourth-order valence-electron chi connectivity index (χ4n) is 2.44. The van der Waals surface area contributed by atoms with Crippen molar-refractivity contribution >= 4 is 12.2 Å². The van der Waals surface area contributed by atoms with E-state index in [2.05, 4.69) is 0 Å². The molecule has 0 saturated carbocycles. The van der Waals surface area contributed by atoms with E-state index in [4.69, 9.17) is 0 Å². The van der Waals surface area contributed by atoms with Crippen LogP contribution in [0.1, 0.15) is 34.7 Å². The Hall–Kier alpha value is -1.85. The summed E-state index contributed by atoms with van der Waals surface area (Å²) in [4.78, 5) is 22.5. The third-order valence-electron chi connectivity index (χ3n) is 3.57. The molecule has 1 aromatic rings. The van der Waals surface area contributed by atoms with E-state index >= 15 is 0 Å². The molecule has 1 aromatic carbocycles. The molecule has 1 heterocycles. The van der Waals surface area contributed by atoms with Crippen LogP contribution in [0.5, 0.6) is 0 Å². The zero-order valence-electron chi connectivity index (χ0n) is 10.7. The van der Waals surface area contributed by atoms with E-state index in [0.29, 0.717) is 18.4 Å². The molecule has 6 heteroatoms. The maximum Gasteiger partial charge on any atom is 0.471 e. The maximum atomic E-state index is 12.3. The van der Waals surface area contributed by atoms with Gasteiger partial charge in [0.2, 0.25) is 0 Å². The first-order chi connectivity index (χ1) is 9.41. The smallest absolute Gasteiger partial charge is 0.335 e. The third-order valence-corrected chi connectivity index (χ3v) is 3.57. The third kappa shape index (κ3) is 3.18. The van der Waals surface area contributed by atoms with Gasteiger partial charge < -0.3 is 4.90 Å². The lowest BCUT2D eigenvalue weighted by molar-refractivity contribution is -0.186. The van der Waals surface area contributed by atoms with Gasteiger partial charge in [-0.15, -0.1) is 0 Å². The molecule has 0 atom stereocenters. The summed E-state index contributed by atoms with van der Waals surface area (Å²) >= 11 is 0. The number of halogens is 3.